The highest BCUT2D eigenvalue weighted by atomic mass is 32.2. The minimum absolute atomic E-state index is 0.0373. The van der Waals surface area contributed by atoms with Crippen LogP contribution in [0.5, 0.6) is 0 Å². The molecule has 1 aromatic heterocycles. The fourth-order valence-electron chi connectivity index (χ4n) is 3.58. The predicted molar refractivity (Wildman–Crippen MR) is 114 cm³/mol. The maximum Gasteiger partial charge on any atom is 0.246 e. The number of benzene rings is 1. The third kappa shape index (κ3) is 4.52. The maximum absolute atomic E-state index is 13.3. The molecule has 1 aliphatic heterocycles. The number of hydrogen-bond donors (Lipinski definition) is 0. The Labute approximate surface area is 176 Å². The Morgan fingerprint density at radius 2 is 2.00 bits per heavy atom. The average molecular weight is 431 g/mol. The van der Waals surface area contributed by atoms with Gasteiger partial charge in [-0.25, -0.2) is 8.42 Å². The van der Waals surface area contributed by atoms with Gasteiger partial charge in [-0.1, -0.05) is 18.7 Å². The molecule has 0 bridgehead atoms. The second-order valence-electron chi connectivity index (χ2n) is 7.05. The van der Waals surface area contributed by atoms with E-state index in [0.717, 1.165) is 5.39 Å². The lowest BCUT2D eigenvalue weighted by Gasteiger charge is -2.25. The summed E-state index contributed by atoms with van der Waals surface area (Å²) in [5.41, 5.74) is 0. The molecule has 3 rings (SSSR count). The molecule has 0 saturated carbocycles. The summed E-state index contributed by atoms with van der Waals surface area (Å²) in [7, 11) is -3.72. The zero-order valence-electron chi connectivity index (χ0n) is 17.0. The molecule has 30 heavy (non-hydrogen) atoms. The first-order chi connectivity index (χ1) is 14.4. The highest BCUT2D eigenvalue weighted by Gasteiger charge is 2.30. The van der Waals surface area contributed by atoms with Crippen LogP contribution in [-0.4, -0.2) is 78.6 Å². The topological polar surface area (TPSA) is 90.9 Å². The van der Waals surface area contributed by atoms with Gasteiger partial charge in [0.15, 0.2) is 0 Å². The number of carbonyl (C=O) groups is 2. The summed E-state index contributed by atoms with van der Waals surface area (Å²) in [4.78, 5) is 31.8. The van der Waals surface area contributed by atoms with Crippen molar-refractivity contribution in [2.24, 2.45) is 0 Å². The molecule has 0 N–H and O–H groups in total. The number of nitrogens with zero attached hydrogens (tertiary/aromatic N) is 4. The quantitative estimate of drug-likeness (QED) is 0.648. The van der Waals surface area contributed by atoms with Gasteiger partial charge >= 0.3 is 0 Å². The molecular weight excluding hydrogens is 404 g/mol. The van der Waals surface area contributed by atoms with Crippen molar-refractivity contribution in [2.45, 2.75) is 18.2 Å². The van der Waals surface area contributed by atoms with Crippen LogP contribution in [0.2, 0.25) is 0 Å². The molecule has 160 valence electrons. The zero-order valence-corrected chi connectivity index (χ0v) is 17.8. The molecule has 8 nitrogen and oxygen atoms in total. The van der Waals surface area contributed by atoms with E-state index in [2.05, 4.69) is 11.6 Å². The van der Waals surface area contributed by atoms with E-state index in [0.29, 0.717) is 31.4 Å². The molecule has 1 fully saturated rings. The number of carbonyl (C=O) groups excluding carboxylic acids is 2. The Kier molecular flexibility index (Phi) is 6.84. The van der Waals surface area contributed by atoms with E-state index in [9.17, 15) is 18.0 Å². The Balaban J connectivity index is 1.75. The Morgan fingerprint density at radius 1 is 1.20 bits per heavy atom. The molecule has 2 amide bonds. The van der Waals surface area contributed by atoms with Gasteiger partial charge < -0.3 is 9.80 Å². The lowest BCUT2D eigenvalue weighted by molar-refractivity contribution is -0.137. The summed E-state index contributed by atoms with van der Waals surface area (Å²) in [6, 6.07) is 6.84. The molecule has 9 heteroatoms. The van der Waals surface area contributed by atoms with Crippen LogP contribution < -0.4 is 0 Å². The monoisotopic (exact) mass is 430 g/mol. The van der Waals surface area contributed by atoms with Crippen LogP contribution in [0.1, 0.15) is 13.3 Å². The first-order valence-corrected chi connectivity index (χ1v) is 11.3. The zero-order chi connectivity index (χ0) is 21.7. The van der Waals surface area contributed by atoms with Crippen molar-refractivity contribution in [3.05, 3.63) is 49.3 Å². The fourth-order valence-corrected chi connectivity index (χ4v) is 5.26. The molecule has 0 unspecified atom stereocenters. The van der Waals surface area contributed by atoms with Gasteiger partial charge in [0, 0.05) is 55.9 Å². The summed E-state index contributed by atoms with van der Waals surface area (Å²) in [6.07, 6.45) is 4.93. The van der Waals surface area contributed by atoms with Gasteiger partial charge in [-0.05, 0) is 31.6 Å². The highest BCUT2D eigenvalue weighted by molar-refractivity contribution is 7.89. The Hall–Kier alpha value is -2.78. The van der Waals surface area contributed by atoms with Crippen molar-refractivity contribution < 1.29 is 18.0 Å². The van der Waals surface area contributed by atoms with E-state index < -0.39 is 10.0 Å². The van der Waals surface area contributed by atoms with E-state index in [-0.39, 0.29) is 36.3 Å². The van der Waals surface area contributed by atoms with E-state index in [1.165, 1.54) is 15.3 Å². The van der Waals surface area contributed by atoms with Crippen molar-refractivity contribution >= 4 is 32.6 Å². The van der Waals surface area contributed by atoms with Crippen LogP contribution in [0.4, 0.5) is 0 Å². The first kappa shape index (κ1) is 21.9. The summed E-state index contributed by atoms with van der Waals surface area (Å²) in [5.74, 6) is -0.488. The van der Waals surface area contributed by atoms with Crippen LogP contribution >= 0.6 is 0 Å². The molecule has 0 spiro atoms. The number of hydrogen-bond acceptors (Lipinski definition) is 5. The van der Waals surface area contributed by atoms with Crippen molar-refractivity contribution in [2.75, 3.05) is 39.3 Å². The van der Waals surface area contributed by atoms with E-state index >= 15 is 0 Å². The smallest absolute Gasteiger partial charge is 0.246 e. The van der Waals surface area contributed by atoms with Gasteiger partial charge in [-0.15, -0.1) is 0 Å². The van der Waals surface area contributed by atoms with Gasteiger partial charge in [-0.2, -0.15) is 4.31 Å². The SMILES string of the molecule is C=CC(=O)N(CC)CC(=O)N1CCCN(S(=O)(=O)c2cccc3cnccc23)CC1. The maximum atomic E-state index is 13.3. The van der Waals surface area contributed by atoms with E-state index in [1.54, 1.807) is 42.4 Å². The molecule has 0 radical (unpaired) electrons. The molecule has 2 heterocycles. The van der Waals surface area contributed by atoms with Crippen LogP contribution in [0.3, 0.4) is 0 Å². The summed E-state index contributed by atoms with van der Waals surface area (Å²) in [5, 5.41) is 1.39. The van der Waals surface area contributed by atoms with Gasteiger partial charge in [0.1, 0.15) is 0 Å². The number of fused-ring (bicyclic) bond motifs is 1. The van der Waals surface area contributed by atoms with Crippen molar-refractivity contribution in [3.63, 3.8) is 0 Å². The Bertz CT molecular complexity index is 1050. The molecule has 0 atom stereocenters. The van der Waals surface area contributed by atoms with Crippen LogP contribution in [-0.2, 0) is 19.6 Å². The number of aromatic nitrogens is 1. The first-order valence-electron chi connectivity index (χ1n) is 9.90. The number of rotatable bonds is 6. The van der Waals surface area contributed by atoms with E-state index in [1.807, 2.05) is 6.07 Å². The summed E-state index contributed by atoms with van der Waals surface area (Å²) < 4.78 is 28.1. The summed E-state index contributed by atoms with van der Waals surface area (Å²) >= 11 is 0. The second kappa shape index (κ2) is 9.36. The minimum atomic E-state index is -3.72. The minimum Gasteiger partial charge on any atom is -0.340 e. The molecule has 2 aromatic rings. The van der Waals surface area contributed by atoms with Crippen LogP contribution in [0.15, 0.2) is 54.2 Å². The lowest BCUT2D eigenvalue weighted by atomic mass is 10.2. The number of likely N-dealkylation sites (N-methyl/N-ethyl adjacent to an activating group) is 1. The van der Waals surface area contributed by atoms with Crippen LogP contribution in [0.25, 0.3) is 10.8 Å². The van der Waals surface area contributed by atoms with Gasteiger partial charge in [-0.3, -0.25) is 14.6 Å². The standard InChI is InChI=1S/C21H26N4O4S/c1-3-20(26)23(4-2)16-21(27)24-11-6-12-25(14-13-24)30(28,29)19-8-5-7-17-15-22-10-9-18(17)19/h3,5,7-10,15H,1,4,6,11-14,16H2,2H3. The predicted octanol–water partition coefficient (Wildman–Crippen LogP) is 1.49. The van der Waals surface area contributed by atoms with Crippen molar-refractivity contribution in [3.8, 4) is 0 Å². The van der Waals surface area contributed by atoms with Gasteiger partial charge in [0.05, 0.1) is 11.4 Å². The molecule has 1 aromatic carbocycles. The molecule has 1 aliphatic rings. The average Bonchev–Trinajstić information content (AvgIpc) is 3.03. The summed E-state index contributed by atoms with van der Waals surface area (Å²) in [6.45, 7) is 6.89. The molecular formula is C21H26N4O4S. The largest absolute Gasteiger partial charge is 0.340 e. The van der Waals surface area contributed by atoms with Gasteiger partial charge in [0.2, 0.25) is 21.8 Å². The normalized spacial score (nSPS) is 15.6. The number of pyridine rings is 1. The molecule has 1 saturated heterocycles. The van der Waals surface area contributed by atoms with Gasteiger partial charge in [0.25, 0.3) is 0 Å². The highest BCUT2D eigenvalue weighted by Crippen LogP contribution is 2.26. The van der Waals surface area contributed by atoms with Crippen molar-refractivity contribution in [1.29, 1.82) is 0 Å². The number of sulfonamides is 1. The van der Waals surface area contributed by atoms with Crippen LogP contribution in [0, 0.1) is 0 Å². The van der Waals surface area contributed by atoms with E-state index in [4.69, 9.17) is 0 Å². The second-order valence-corrected chi connectivity index (χ2v) is 8.95. The Morgan fingerprint density at radius 3 is 2.73 bits per heavy atom. The fraction of sp³-hybridized carbons (Fsp3) is 0.381. The lowest BCUT2D eigenvalue weighted by Crippen LogP contribution is -2.44. The third-order valence-electron chi connectivity index (χ3n) is 5.26. The third-order valence-corrected chi connectivity index (χ3v) is 7.22. The number of amides is 2. The van der Waals surface area contributed by atoms with Crippen molar-refractivity contribution in [1.82, 2.24) is 19.1 Å². The molecule has 0 aliphatic carbocycles.